The highest BCUT2D eigenvalue weighted by Crippen LogP contribution is 2.59. The average molecular weight is 723 g/mol. The SMILES string of the molecule is CC1(C)C2=C3C=CCCC3CC(C3=CC=CCC3)=C2c2ccc(-c3cccc(-c4ccc(-c5nc(-c6ccccc6)nc6c5oc5ccccc56)cc4)c3)cc21. The Morgan fingerprint density at radius 1 is 0.679 bits per heavy atom. The lowest BCUT2D eigenvalue weighted by atomic mass is 9.68. The second-order valence-electron chi connectivity index (χ2n) is 16.3. The van der Waals surface area contributed by atoms with Gasteiger partial charge < -0.3 is 4.42 Å². The van der Waals surface area contributed by atoms with Crippen molar-refractivity contribution in [1.29, 1.82) is 0 Å². The molecule has 4 aliphatic carbocycles. The molecule has 2 heterocycles. The topological polar surface area (TPSA) is 38.9 Å². The molecule has 1 unspecified atom stereocenters. The molecule has 0 bridgehead atoms. The van der Waals surface area contributed by atoms with E-state index in [1.165, 1.54) is 46.2 Å². The zero-order valence-corrected chi connectivity index (χ0v) is 31.8. The fraction of sp³-hybridized carbons (Fsp3) is 0.170. The maximum Gasteiger partial charge on any atom is 0.180 e. The van der Waals surface area contributed by atoms with Crippen LogP contribution < -0.4 is 0 Å². The number of aromatic nitrogens is 2. The molecule has 0 saturated carbocycles. The van der Waals surface area contributed by atoms with E-state index in [0.29, 0.717) is 17.3 Å². The van der Waals surface area contributed by atoms with E-state index in [1.54, 1.807) is 22.3 Å². The van der Waals surface area contributed by atoms with Crippen LogP contribution in [0, 0.1) is 5.92 Å². The van der Waals surface area contributed by atoms with E-state index < -0.39 is 0 Å². The van der Waals surface area contributed by atoms with E-state index in [4.69, 9.17) is 14.4 Å². The van der Waals surface area contributed by atoms with E-state index in [9.17, 15) is 0 Å². The second kappa shape index (κ2) is 12.9. The van der Waals surface area contributed by atoms with Gasteiger partial charge in [0.25, 0.3) is 0 Å². The first-order valence-corrected chi connectivity index (χ1v) is 20.1. The zero-order valence-electron chi connectivity index (χ0n) is 31.8. The summed E-state index contributed by atoms with van der Waals surface area (Å²) in [5.74, 6) is 1.30. The predicted molar refractivity (Wildman–Crippen MR) is 231 cm³/mol. The molecule has 3 heteroatoms. The molecule has 0 saturated heterocycles. The molecule has 11 rings (SSSR count). The van der Waals surface area contributed by atoms with Crippen molar-refractivity contribution in [2.45, 2.75) is 51.4 Å². The molecule has 0 fully saturated rings. The third-order valence-corrected chi connectivity index (χ3v) is 12.6. The van der Waals surface area contributed by atoms with Gasteiger partial charge in [0.1, 0.15) is 16.8 Å². The predicted octanol–water partition coefficient (Wildman–Crippen LogP) is 14.0. The van der Waals surface area contributed by atoms with Crippen LogP contribution in [0.5, 0.6) is 0 Å². The average Bonchev–Trinajstić information content (AvgIpc) is 3.75. The molecule has 2 aromatic heterocycles. The van der Waals surface area contributed by atoms with Crippen molar-refractivity contribution >= 4 is 27.6 Å². The highest BCUT2D eigenvalue weighted by atomic mass is 16.3. The summed E-state index contributed by atoms with van der Waals surface area (Å²) < 4.78 is 6.41. The summed E-state index contributed by atoms with van der Waals surface area (Å²) in [4.78, 5) is 10.1. The Morgan fingerprint density at radius 2 is 1.43 bits per heavy atom. The van der Waals surface area contributed by atoms with Crippen LogP contribution in [0.1, 0.15) is 57.1 Å². The van der Waals surface area contributed by atoms with E-state index in [1.807, 2.05) is 36.4 Å². The molecule has 0 amide bonds. The first kappa shape index (κ1) is 33.1. The Kier molecular flexibility index (Phi) is 7.60. The van der Waals surface area contributed by atoms with Gasteiger partial charge in [-0.3, -0.25) is 0 Å². The van der Waals surface area contributed by atoms with Gasteiger partial charge in [-0.25, -0.2) is 9.97 Å². The van der Waals surface area contributed by atoms with Gasteiger partial charge in [-0.2, -0.15) is 0 Å². The van der Waals surface area contributed by atoms with Crippen molar-refractivity contribution in [3.05, 3.63) is 185 Å². The van der Waals surface area contributed by atoms with E-state index in [0.717, 1.165) is 58.1 Å². The number of furan rings is 1. The summed E-state index contributed by atoms with van der Waals surface area (Å²) in [6, 6.07) is 43.3. The van der Waals surface area contributed by atoms with Crippen molar-refractivity contribution in [3.63, 3.8) is 0 Å². The van der Waals surface area contributed by atoms with Gasteiger partial charge in [-0.05, 0) is 124 Å². The van der Waals surface area contributed by atoms with E-state index in [-0.39, 0.29) is 5.41 Å². The maximum absolute atomic E-state index is 6.41. The molecule has 0 N–H and O–H groups in total. The van der Waals surface area contributed by atoms with Gasteiger partial charge >= 0.3 is 0 Å². The van der Waals surface area contributed by atoms with Crippen LogP contribution in [0.2, 0.25) is 0 Å². The Morgan fingerprint density at radius 3 is 2.27 bits per heavy atom. The zero-order chi connectivity index (χ0) is 37.4. The summed E-state index contributed by atoms with van der Waals surface area (Å²) >= 11 is 0. The van der Waals surface area contributed by atoms with Gasteiger partial charge in [0.2, 0.25) is 0 Å². The lowest BCUT2D eigenvalue weighted by Crippen LogP contribution is -2.23. The highest BCUT2D eigenvalue weighted by molar-refractivity contribution is 6.07. The van der Waals surface area contributed by atoms with Gasteiger partial charge in [0.15, 0.2) is 11.4 Å². The van der Waals surface area contributed by atoms with Crippen molar-refractivity contribution in [2.75, 3.05) is 0 Å². The van der Waals surface area contributed by atoms with Crippen LogP contribution in [0.4, 0.5) is 0 Å². The second-order valence-corrected chi connectivity index (χ2v) is 16.3. The number of benzene rings is 5. The molecule has 0 radical (unpaired) electrons. The molecular formula is C53H42N2O. The first-order chi connectivity index (χ1) is 27.5. The molecule has 270 valence electrons. The van der Waals surface area contributed by atoms with Crippen LogP contribution in [0.3, 0.4) is 0 Å². The molecule has 0 aliphatic heterocycles. The van der Waals surface area contributed by atoms with Crippen molar-refractivity contribution < 1.29 is 4.42 Å². The van der Waals surface area contributed by atoms with Crippen molar-refractivity contribution in [1.82, 2.24) is 9.97 Å². The quantitative estimate of drug-likeness (QED) is 0.178. The number of allylic oxidation sites excluding steroid dienone is 10. The van der Waals surface area contributed by atoms with Crippen LogP contribution in [0.15, 0.2) is 178 Å². The largest absolute Gasteiger partial charge is 0.452 e. The number of fused-ring (bicyclic) bond motifs is 7. The summed E-state index contributed by atoms with van der Waals surface area (Å²) in [5.41, 5.74) is 20.6. The molecule has 5 aromatic carbocycles. The molecule has 4 aliphatic rings. The molecule has 0 spiro atoms. The number of hydrogen-bond acceptors (Lipinski definition) is 3. The first-order valence-electron chi connectivity index (χ1n) is 20.1. The number of nitrogens with zero attached hydrogens (tertiary/aromatic N) is 2. The van der Waals surface area contributed by atoms with Gasteiger partial charge in [-0.15, -0.1) is 0 Å². The maximum atomic E-state index is 6.41. The molecule has 7 aromatic rings. The minimum absolute atomic E-state index is 0.0766. The standard InChI is InChI=1S/C53H42N2O/c1-53(2)45-32-39(28-29-42(45)47-44(34-14-5-3-6-15-34)31-40-18-9-10-21-41(40)48(47)53)38-20-13-19-37(30-38)33-24-26-35(27-25-33)49-51-50(43-22-11-12-23-46(43)56-51)55-52(54-49)36-16-7-4-8-17-36/h3-5,7-8,10-14,16-17,19-30,32,40H,6,9,15,18,31H2,1-2H3. The Balaban J connectivity index is 0.973. The summed E-state index contributed by atoms with van der Waals surface area (Å²) in [5, 5.41) is 0.994. The van der Waals surface area contributed by atoms with Crippen molar-refractivity contribution in [3.8, 4) is 44.9 Å². The smallest absolute Gasteiger partial charge is 0.180 e. The third kappa shape index (κ3) is 5.25. The van der Waals surface area contributed by atoms with Gasteiger partial charge in [0.05, 0.1) is 0 Å². The molecule has 56 heavy (non-hydrogen) atoms. The van der Waals surface area contributed by atoms with E-state index in [2.05, 4.69) is 129 Å². The van der Waals surface area contributed by atoms with Crippen LogP contribution in [0.25, 0.3) is 72.5 Å². The van der Waals surface area contributed by atoms with E-state index >= 15 is 0 Å². The summed E-state index contributed by atoms with van der Waals surface area (Å²) in [7, 11) is 0. The fourth-order valence-corrected chi connectivity index (χ4v) is 9.85. The number of para-hydroxylation sites is 1. The number of rotatable bonds is 5. The molecule has 1 atom stereocenters. The fourth-order valence-electron chi connectivity index (χ4n) is 9.85. The van der Waals surface area contributed by atoms with Crippen LogP contribution >= 0.6 is 0 Å². The Bertz CT molecular complexity index is 2890. The normalized spacial score (nSPS) is 18.3. The minimum atomic E-state index is -0.0766. The number of hydrogen-bond donors (Lipinski definition) is 0. The van der Waals surface area contributed by atoms with Crippen LogP contribution in [-0.2, 0) is 5.41 Å². The van der Waals surface area contributed by atoms with Crippen molar-refractivity contribution in [2.24, 2.45) is 5.92 Å². The summed E-state index contributed by atoms with van der Waals surface area (Å²) in [6.07, 6.45) is 17.7. The minimum Gasteiger partial charge on any atom is -0.452 e. The Hall–Kier alpha value is -6.32. The van der Waals surface area contributed by atoms with Crippen LogP contribution in [-0.4, -0.2) is 9.97 Å². The Labute approximate surface area is 328 Å². The molecule has 3 nitrogen and oxygen atoms in total. The lowest BCUT2D eigenvalue weighted by molar-refractivity contribution is 0.531. The highest BCUT2D eigenvalue weighted by Gasteiger charge is 2.45. The monoisotopic (exact) mass is 722 g/mol. The third-order valence-electron chi connectivity index (χ3n) is 12.6. The molecular weight excluding hydrogens is 681 g/mol. The lowest BCUT2D eigenvalue weighted by Gasteiger charge is -2.36. The van der Waals surface area contributed by atoms with Gasteiger partial charge in [-0.1, -0.05) is 141 Å². The summed E-state index contributed by atoms with van der Waals surface area (Å²) in [6.45, 7) is 4.92. The van der Waals surface area contributed by atoms with Gasteiger partial charge in [0, 0.05) is 21.9 Å².